The summed E-state index contributed by atoms with van der Waals surface area (Å²) in [7, 11) is 6.06. The number of benzene rings is 2. The smallest absolute Gasteiger partial charge is 0.254 e. The highest BCUT2D eigenvalue weighted by molar-refractivity contribution is 5.95. The Balaban J connectivity index is 2.30. The Morgan fingerprint density at radius 1 is 1.04 bits per heavy atom. The highest BCUT2D eigenvalue weighted by atomic mass is 19.1. The lowest BCUT2D eigenvalue weighted by molar-refractivity contribution is 0.0783. The number of methoxy groups -OCH3 is 3. The van der Waals surface area contributed by atoms with Crippen LogP contribution >= 0.6 is 0 Å². The zero-order chi connectivity index (χ0) is 17.7. The van der Waals surface area contributed by atoms with Crippen LogP contribution in [0.3, 0.4) is 0 Å². The first-order chi connectivity index (χ1) is 11.5. The fourth-order valence-corrected chi connectivity index (χ4v) is 2.38. The molecule has 6 heteroatoms. The molecule has 0 bridgehead atoms. The van der Waals surface area contributed by atoms with Crippen molar-refractivity contribution in [2.45, 2.75) is 6.54 Å². The number of hydrogen-bond donors (Lipinski definition) is 0. The van der Waals surface area contributed by atoms with Crippen LogP contribution in [0.15, 0.2) is 36.4 Å². The predicted octanol–water partition coefficient (Wildman–Crippen LogP) is 3.12. The number of halogens is 1. The Morgan fingerprint density at radius 2 is 1.62 bits per heavy atom. The van der Waals surface area contributed by atoms with Gasteiger partial charge in [-0.3, -0.25) is 4.79 Å². The standard InChI is InChI=1S/C18H20FNO4/c1-20(11-12-7-5-6-8-14(12)19)18(21)13-9-15(22-2)17(24-4)16(10-13)23-3/h5-10H,11H2,1-4H3. The molecule has 2 aromatic carbocycles. The maximum Gasteiger partial charge on any atom is 0.254 e. The minimum Gasteiger partial charge on any atom is -0.493 e. The normalized spacial score (nSPS) is 10.2. The highest BCUT2D eigenvalue weighted by Crippen LogP contribution is 2.38. The first-order valence-electron chi connectivity index (χ1n) is 7.30. The van der Waals surface area contributed by atoms with E-state index in [1.165, 1.54) is 32.3 Å². The molecule has 2 rings (SSSR count). The lowest BCUT2D eigenvalue weighted by atomic mass is 10.1. The van der Waals surface area contributed by atoms with Crippen molar-refractivity contribution in [3.63, 3.8) is 0 Å². The largest absolute Gasteiger partial charge is 0.493 e. The van der Waals surface area contributed by atoms with E-state index in [0.717, 1.165) is 0 Å². The van der Waals surface area contributed by atoms with Crippen LogP contribution in [-0.4, -0.2) is 39.2 Å². The maximum atomic E-state index is 13.8. The number of carbonyl (C=O) groups is 1. The van der Waals surface area contributed by atoms with Crippen LogP contribution in [0, 0.1) is 5.82 Å². The van der Waals surface area contributed by atoms with Crippen molar-refractivity contribution >= 4 is 5.91 Å². The molecule has 0 unspecified atom stereocenters. The molecule has 24 heavy (non-hydrogen) atoms. The van der Waals surface area contributed by atoms with E-state index in [1.54, 1.807) is 37.4 Å². The Bertz CT molecular complexity index is 708. The van der Waals surface area contributed by atoms with Gasteiger partial charge in [-0.15, -0.1) is 0 Å². The number of ether oxygens (including phenoxy) is 3. The predicted molar refractivity (Wildman–Crippen MR) is 88.3 cm³/mol. The highest BCUT2D eigenvalue weighted by Gasteiger charge is 2.20. The minimum absolute atomic E-state index is 0.155. The Labute approximate surface area is 140 Å². The van der Waals surface area contributed by atoms with Gasteiger partial charge in [0.1, 0.15) is 5.82 Å². The Hall–Kier alpha value is -2.76. The number of amides is 1. The van der Waals surface area contributed by atoms with E-state index in [9.17, 15) is 9.18 Å². The van der Waals surface area contributed by atoms with Gasteiger partial charge in [0.25, 0.3) is 5.91 Å². The summed E-state index contributed by atoms with van der Waals surface area (Å²) in [6.45, 7) is 0.155. The van der Waals surface area contributed by atoms with E-state index >= 15 is 0 Å². The van der Waals surface area contributed by atoms with Gasteiger partial charge < -0.3 is 19.1 Å². The Morgan fingerprint density at radius 3 is 2.12 bits per heavy atom. The molecule has 0 aliphatic heterocycles. The van der Waals surface area contributed by atoms with Gasteiger partial charge in [0.15, 0.2) is 11.5 Å². The van der Waals surface area contributed by atoms with Crippen molar-refractivity contribution in [2.24, 2.45) is 0 Å². The lowest BCUT2D eigenvalue weighted by Gasteiger charge is -2.19. The first kappa shape index (κ1) is 17.6. The topological polar surface area (TPSA) is 48.0 Å². The summed E-state index contributed by atoms with van der Waals surface area (Å²) in [6, 6.07) is 9.50. The van der Waals surface area contributed by atoms with Crippen molar-refractivity contribution in [2.75, 3.05) is 28.4 Å². The van der Waals surface area contributed by atoms with Crippen molar-refractivity contribution in [3.8, 4) is 17.2 Å². The van der Waals surface area contributed by atoms with E-state index in [2.05, 4.69) is 0 Å². The molecule has 0 atom stereocenters. The summed E-state index contributed by atoms with van der Waals surface area (Å²) in [6.07, 6.45) is 0. The number of rotatable bonds is 6. The first-order valence-corrected chi connectivity index (χ1v) is 7.30. The van der Waals surface area contributed by atoms with Crippen LogP contribution < -0.4 is 14.2 Å². The monoisotopic (exact) mass is 333 g/mol. The third-order valence-electron chi connectivity index (χ3n) is 3.62. The summed E-state index contributed by atoms with van der Waals surface area (Å²) in [4.78, 5) is 14.1. The van der Waals surface area contributed by atoms with Gasteiger partial charge >= 0.3 is 0 Å². The summed E-state index contributed by atoms with van der Waals surface area (Å²) in [5.74, 6) is 0.562. The van der Waals surface area contributed by atoms with Crippen molar-refractivity contribution < 1.29 is 23.4 Å². The molecule has 1 amide bonds. The molecular formula is C18H20FNO4. The summed E-state index contributed by atoms with van der Waals surface area (Å²) in [5, 5.41) is 0. The molecule has 0 radical (unpaired) electrons. The van der Waals surface area contributed by atoms with Gasteiger partial charge in [-0.25, -0.2) is 4.39 Å². The fourth-order valence-electron chi connectivity index (χ4n) is 2.38. The number of carbonyl (C=O) groups excluding carboxylic acids is 1. The van der Waals surface area contributed by atoms with Crippen LogP contribution in [-0.2, 0) is 6.54 Å². The van der Waals surface area contributed by atoms with Gasteiger partial charge in [0.05, 0.1) is 21.3 Å². The molecule has 0 N–H and O–H groups in total. The van der Waals surface area contributed by atoms with E-state index in [1.807, 2.05) is 0 Å². The zero-order valence-corrected chi connectivity index (χ0v) is 14.1. The molecule has 0 aromatic heterocycles. The maximum absolute atomic E-state index is 13.8. The second-order valence-electron chi connectivity index (χ2n) is 5.17. The van der Waals surface area contributed by atoms with Gasteiger partial charge in [0, 0.05) is 24.7 Å². The molecular weight excluding hydrogens is 313 g/mol. The molecule has 0 aliphatic carbocycles. The van der Waals surface area contributed by atoms with Gasteiger partial charge in [-0.05, 0) is 18.2 Å². The van der Waals surface area contributed by atoms with Crippen LogP contribution in [0.5, 0.6) is 17.2 Å². The fraction of sp³-hybridized carbons (Fsp3) is 0.278. The molecule has 5 nitrogen and oxygen atoms in total. The summed E-state index contributed by atoms with van der Waals surface area (Å²) >= 11 is 0. The summed E-state index contributed by atoms with van der Waals surface area (Å²) in [5.41, 5.74) is 0.809. The molecule has 0 saturated carbocycles. The number of nitrogens with zero attached hydrogens (tertiary/aromatic N) is 1. The molecule has 0 fully saturated rings. The van der Waals surface area contributed by atoms with Gasteiger partial charge in [-0.2, -0.15) is 0 Å². The molecule has 0 heterocycles. The van der Waals surface area contributed by atoms with E-state index < -0.39 is 0 Å². The third-order valence-corrected chi connectivity index (χ3v) is 3.62. The van der Waals surface area contributed by atoms with Crippen molar-refractivity contribution in [3.05, 3.63) is 53.3 Å². The van der Waals surface area contributed by atoms with Gasteiger partial charge in [-0.1, -0.05) is 18.2 Å². The average Bonchev–Trinajstić information content (AvgIpc) is 2.61. The van der Waals surface area contributed by atoms with Crippen LogP contribution in [0.2, 0.25) is 0 Å². The van der Waals surface area contributed by atoms with Crippen LogP contribution in [0.4, 0.5) is 4.39 Å². The second-order valence-corrected chi connectivity index (χ2v) is 5.17. The molecule has 0 saturated heterocycles. The van der Waals surface area contributed by atoms with Crippen LogP contribution in [0.1, 0.15) is 15.9 Å². The van der Waals surface area contributed by atoms with E-state index in [4.69, 9.17) is 14.2 Å². The van der Waals surface area contributed by atoms with Crippen LogP contribution in [0.25, 0.3) is 0 Å². The second kappa shape index (κ2) is 7.68. The van der Waals surface area contributed by atoms with Crippen molar-refractivity contribution in [1.29, 1.82) is 0 Å². The number of hydrogen-bond acceptors (Lipinski definition) is 4. The third kappa shape index (κ3) is 3.59. The SMILES string of the molecule is COc1cc(C(=O)N(C)Cc2ccccc2F)cc(OC)c1OC. The van der Waals surface area contributed by atoms with Crippen molar-refractivity contribution in [1.82, 2.24) is 4.90 Å². The molecule has 128 valence electrons. The zero-order valence-electron chi connectivity index (χ0n) is 14.1. The summed E-state index contributed by atoms with van der Waals surface area (Å²) < 4.78 is 29.5. The molecule has 2 aromatic rings. The average molecular weight is 333 g/mol. The lowest BCUT2D eigenvalue weighted by Crippen LogP contribution is -2.26. The van der Waals surface area contributed by atoms with E-state index in [-0.39, 0.29) is 18.3 Å². The van der Waals surface area contributed by atoms with Gasteiger partial charge in [0.2, 0.25) is 5.75 Å². The molecule has 0 aliphatic rings. The molecule has 0 spiro atoms. The Kier molecular flexibility index (Phi) is 5.63. The van der Waals surface area contributed by atoms with E-state index in [0.29, 0.717) is 28.4 Å². The minimum atomic E-state index is -0.345. The quantitative estimate of drug-likeness (QED) is 0.815.